The first-order valence-electron chi connectivity index (χ1n) is 7.05. The molecule has 0 saturated heterocycles. The number of rotatable bonds is 4. The zero-order valence-corrected chi connectivity index (χ0v) is 12.0. The lowest BCUT2D eigenvalue weighted by atomic mass is 10.0. The van der Waals surface area contributed by atoms with E-state index in [9.17, 15) is 4.39 Å². The lowest BCUT2D eigenvalue weighted by Crippen LogP contribution is -2.31. The Balaban J connectivity index is 2.32. The van der Waals surface area contributed by atoms with Gasteiger partial charge in [-0.2, -0.15) is 0 Å². The van der Waals surface area contributed by atoms with Gasteiger partial charge in [0.25, 0.3) is 0 Å². The molecule has 1 N–H and O–H groups in total. The van der Waals surface area contributed by atoms with Crippen LogP contribution in [0.1, 0.15) is 38.8 Å². The van der Waals surface area contributed by atoms with E-state index in [-0.39, 0.29) is 11.9 Å². The fourth-order valence-electron chi connectivity index (χ4n) is 2.63. The minimum atomic E-state index is -0.114. The van der Waals surface area contributed by atoms with E-state index in [1.807, 2.05) is 19.9 Å². The van der Waals surface area contributed by atoms with Gasteiger partial charge in [-0.15, -0.1) is 0 Å². The monoisotopic (exact) mass is 262 g/mol. The Morgan fingerprint density at radius 3 is 2.84 bits per heavy atom. The summed E-state index contributed by atoms with van der Waals surface area (Å²) >= 11 is 0. The third kappa shape index (κ3) is 3.16. The average Bonchev–Trinajstić information content (AvgIpc) is 2.39. The number of anilines is 1. The minimum Gasteiger partial charge on any atom is -0.367 e. The molecule has 104 valence electrons. The highest BCUT2D eigenvalue weighted by Gasteiger charge is 2.20. The van der Waals surface area contributed by atoms with Crippen molar-refractivity contribution in [2.24, 2.45) is 0 Å². The number of benzene rings is 1. The second kappa shape index (κ2) is 6.20. The Morgan fingerprint density at radius 1 is 1.42 bits per heavy atom. The molecule has 1 atom stereocenters. The van der Waals surface area contributed by atoms with Crippen LogP contribution in [0.25, 0.3) is 0 Å². The van der Waals surface area contributed by atoms with E-state index in [0.717, 1.165) is 37.3 Å². The Morgan fingerprint density at radius 2 is 2.21 bits per heavy atom. The Kier molecular flexibility index (Phi) is 4.59. The molecule has 3 heteroatoms. The summed E-state index contributed by atoms with van der Waals surface area (Å²) in [5.41, 5.74) is 3.24. The third-order valence-electron chi connectivity index (χ3n) is 3.75. The van der Waals surface area contributed by atoms with Crippen LogP contribution in [0.5, 0.6) is 0 Å². The van der Waals surface area contributed by atoms with E-state index in [1.165, 1.54) is 5.57 Å². The molecule has 0 aromatic heterocycles. The van der Waals surface area contributed by atoms with Gasteiger partial charge >= 0.3 is 0 Å². The molecule has 1 aliphatic heterocycles. The van der Waals surface area contributed by atoms with Gasteiger partial charge in [0.05, 0.1) is 0 Å². The van der Waals surface area contributed by atoms with Gasteiger partial charge in [-0.3, -0.25) is 0 Å². The first kappa shape index (κ1) is 14.1. The van der Waals surface area contributed by atoms with Crippen LogP contribution in [0.2, 0.25) is 0 Å². The van der Waals surface area contributed by atoms with Crippen LogP contribution >= 0.6 is 0 Å². The lowest BCUT2D eigenvalue weighted by Gasteiger charge is -2.31. The van der Waals surface area contributed by atoms with Crippen molar-refractivity contribution in [3.05, 3.63) is 41.2 Å². The summed E-state index contributed by atoms with van der Waals surface area (Å²) < 4.78 is 14.2. The smallest absolute Gasteiger partial charge is 0.130 e. The maximum absolute atomic E-state index is 14.2. The van der Waals surface area contributed by atoms with E-state index in [4.69, 9.17) is 0 Å². The number of nitrogens with one attached hydrogen (secondary N) is 1. The predicted octanol–water partition coefficient (Wildman–Crippen LogP) is 3.65. The van der Waals surface area contributed by atoms with Crippen molar-refractivity contribution in [1.29, 1.82) is 0 Å². The standard InChI is InChI=1S/C16H23FN2/c1-4-18-13(3)16-14(17)6-5-7-15(16)19-10-8-12(2)9-11-19/h5-8,13,18H,4,9-11H2,1-3H3. The molecule has 0 aliphatic carbocycles. The van der Waals surface area contributed by atoms with Gasteiger partial charge in [0, 0.05) is 30.4 Å². The van der Waals surface area contributed by atoms with Crippen LogP contribution < -0.4 is 10.2 Å². The van der Waals surface area contributed by atoms with Gasteiger partial charge in [-0.05, 0) is 38.9 Å². The normalized spacial score (nSPS) is 17.3. The van der Waals surface area contributed by atoms with Gasteiger partial charge < -0.3 is 10.2 Å². The number of hydrogen-bond acceptors (Lipinski definition) is 2. The first-order valence-corrected chi connectivity index (χ1v) is 7.05. The summed E-state index contributed by atoms with van der Waals surface area (Å²) in [4.78, 5) is 2.26. The van der Waals surface area contributed by atoms with Crippen molar-refractivity contribution in [3.8, 4) is 0 Å². The van der Waals surface area contributed by atoms with Crippen LogP contribution in [-0.4, -0.2) is 19.6 Å². The van der Waals surface area contributed by atoms with Crippen LogP contribution in [0, 0.1) is 5.82 Å². The molecule has 2 nitrogen and oxygen atoms in total. The van der Waals surface area contributed by atoms with Gasteiger partial charge in [-0.1, -0.05) is 24.6 Å². The zero-order chi connectivity index (χ0) is 13.8. The molecule has 1 heterocycles. The SMILES string of the molecule is CCNC(C)c1c(F)cccc1N1CC=C(C)CC1. The molecule has 1 unspecified atom stereocenters. The Hall–Kier alpha value is -1.35. The number of nitrogens with zero attached hydrogens (tertiary/aromatic N) is 1. The minimum absolute atomic E-state index is 0.0354. The molecule has 1 aromatic carbocycles. The molecular formula is C16H23FN2. The van der Waals surface area contributed by atoms with Crippen LogP contribution in [0.3, 0.4) is 0 Å². The van der Waals surface area contributed by atoms with E-state index in [2.05, 4.69) is 23.2 Å². The number of halogens is 1. The summed E-state index contributed by atoms with van der Waals surface area (Å²) in [6.07, 6.45) is 3.29. The van der Waals surface area contributed by atoms with E-state index in [0.29, 0.717) is 0 Å². The molecule has 0 fully saturated rings. The topological polar surface area (TPSA) is 15.3 Å². The molecule has 2 rings (SSSR count). The molecule has 19 heavy (non-hydrogen) atoms. The highest BCUT2D eigenvalue weighted by Crippen LogP contribution is 2.30. The maximum atomic E-state index is 14.2. The zero-order valence-electron chi connectivity index (χ0n) is 12.0. The third-order valence-corrected chi connectivity index (χ3v) is 3.75. The number of hydrogen-bond donors (Lipinski definition) is 1. The highest BCUT2D eigenvalue weighted by atomic mass is 19.1. The lowest BCUT2D eigenvalue weighted by molar-refractivity contribution is 0.539. The highest BCUT2D eigenvalue weighted by molar-refractivity contribution is 5.56. The van der Waals surface area contributed by atoms with Crippen molar-refractivity contribution < 1.29 is 4.39 Å². The van der Waals surface area contributed by atoms with Gasteiger partial charge in [-0.25, -0.2) is 4.39 Å². The molecule has 0 saturated carbocycles. The fourth-order valence-corrected chi connectivity index (χ4v) is 2.63. The molecule has 0 bridgehead atoms. The van der Waals surface area contributed by atoms with Crippen molar-refractivity contribution in [2.45, 2.75) is 33.2 Å². The summed E-state index contributed by atoms with van der Waals surface area (Å²) in [5, 5.41) is 3.31. The van der Waals surface area contributed by atoms with Crippen LogP contribution in [0.4, 0.5) is 10.1 Å². The first-order chi connectivity index (χ1) is 9.13. The molecule has 1 aliphatic rings. The summed E-state index contributed by atoms with van der Waals surface area (Å²) in [7, 11) is 0. The van der Waals surface area contributed by atoms with E-state index >= 15 is 0 Å². The van der Waals surface area contributed by atoms with Gasteiger partial charge in [0.2, 0.25) is 0 Å². The van der Waals surface area contributed by atoms with Crippen LogP contribution in [-0.2, 0) is 0 Å². The average molecular weight is 262 g/mol. The van der Waals surface area contributed by atoms with Crippen molar-refractivity contribution in [1.82, 2.24) is 5.32 Å². The van der Waals surface area contributed by atoms with Crippen molar-refractivity contribution in [2.75, 3.05) is 24.5 Å². The van der Waals surface area contributed by atoms with Crippen molar-refractivity contribution in [3.63, 3.8) is 0 Å². The predicted molar refractivity (Wildman–Crippen MR) is 79.1 cm³/mol. The molecular weight excluding hydrogens is 239 g/mol. The fraction of sp³-hybridized carbons (Fsp3) is 0.500. The van der Waals surface area contributed by atoms with Crippen LogP contribution in [0.15, 0.2) is 29.8 Å². The Bertz CT molecular complexity index is 468. The molecule has 1 aromatic rings. The van der Waals surface area contributed by atoms with Gasteiger partial charge in [0.15, 0.2) is 0 Å². The van der Waals surface area contributed by atoms with E-state index < -0.39 is 0 Å². The largest absolute Gasteiger partial charge is 0.367 e. The molecule has 0 spiro atoms. The maximum Gasteiger partial charge on any atom is 0.130 e. The summed E-state index contributed by atoms with van der Waals surface area (Å²) in [5.74, 6) is -0.114. The molecule has 0 amide bonds. The second-order valence-electron chi connectivity index (χ2n) is 5.20. The molecule has 0 radical (unpaired) electrons. The van der Waals surface area contributed by atoms with E-state index in [1.54, 1.807) is 12.1 Å². The Labute approximate surface area is 115 Å². The van der Waals surface area contributed by atoms with Gasteiger partial charge in [0.1, 0.15) is 5.82 Å². The summed E-state index contributed by atoms with van der Waals surface area (Å²) in [6.45, 7) is 8.91. The van der Waals surface area contributed by atoms with Crippen molar-refractivity contribution >= 4 is 5.69 Å². The second-order valence-corrected chi connectivity index (χ2v) is 5.20. The quantitative estimate of drug-likeness (QED) is 0.833. The summed E-state index contributed by atoms with van der Waals surface area (Å²) in [6, 6.07) is 5.42.